The molecule has 13 heteroatoms. The highest BCUT2D eigenvalue weighted by atomic mass is 32.1. The summed E-state index contributed by atoms with van der Waals surface area (Å²) in [5.74, 6) is -2.32. The summed E-state index contributed by atoms with van der Waals surface area (Å²) >= 11 is 1.37. The van der Waals surface area contributed by atoms with Crippen LogP contribution < -0.4 is 22.1 Å². The molecule has 2 heterocycles. The van der Waals surface area contributed by atoms with Gasteiger partial charge in [-0.3, -0.25) is 14.6 Å². The lowest BCUT2D eigenvalue weighted by molar-refractivity contribution is -0.144. The Hall–Kier alpha value is -3.35. The molecular formula is C22H34N6O6S. The molecule has 1 aromatic rings. The Morgan fingerprint density at radius 3 is 2.57 bits per heavy atom. The van der Waals surface area contributed by atoms with Crippen LogP contribution in [0.3, 0.4) is 0 Å². The van der Waals surface area contributed by atoms with Gasteiger partial charge in [0.05, 0.1) is 0 Å². The van der Waals surface area contributed by atoms with Gasteiger partial charge in [-0.2, -0.15) is 11.3 Å². The van der Waals surface area contributed by atoms with Crippen molar-refractivity contribution in [3.8, 4) is 0 Å². The van der Waals surface area contributed by atoms with Crippen LogP contribution in [0.25, 0.3) is 0 Å². The van der Waals surface area contributed by atoms with Crippen molar-refractivity contribution < 1.29 is 29.0 Å². The van der Waals surface area contributed by atoms with Crippen molar-refractivity contribution in [2.24, 2.45) is 16.5 Å². The Balaban J connectivity index is 2.12. The number of nitrogens with zero attached hydrogens (tertiary/aromatic N) is 2. The monoisotopic (exact) mass is 510 g/mol. The van der Waals surface area contributed by atoms with Crippen LogP contribution in [0.4, 0.5) is 4.79 Å². The van der Waals surface area contributed by atoms with E-state index in [1.54, 1.807) is 37.6 Å². The topological polar surface area (TPSA) is 189 Å². The highest BCUT2D eigenvalue weighted by molar-refractivity contribution is 7.08. The van der Waals surface area contributed by atoms with E-state index in [0.717, 1.165) is 0 Å². The lowest BCUT2D eigenvalue weighted by Crippen LogP contribution is -2.53. The molecule has 12 nitrogen and oxygen atoms in total. The predicted octanol–water partition coefficient (Wildman–Crippen LogP) is 0.928. The van der Waals surface area contributed by atoms with Crippen LogP contribution in [-0.2, 0) is 19.1 Å². The van der Waals surface area contributed by atoms with Gasteiger partial charge in [-0.15, -0.1) is 0 Å². The maximum Gasteiger partial charge on any atom is 0.408 e. The van der Waals surface area contributed by atoms with Gasteiger partial charge in [0.1, 0.15) is 23.7 Å². The van der Waals surface area contributed by atoms with E-state index in [2.05, 4.69) is 15.6 Å². The fraction of sp³-hybridized carbons (Fsp3) is 0.591. The number of carboxylic acids is 1. The first-order valence-corrected chi connectivity index (χ1v) is 12.2. The highest BCUT2D eigenvalue weighted by Gasteiger charge is 2.39. The maximum absolute atomic E-state index is 13.5. The number of likely N-dealkylation sites (tertiary alicyclic amines) is 1. The van der Waals surface area contributed by atoms with Crippen molar-refractivity contribution in [2.75, 3.05) is 13.1 Å². The predicted molar refractivity (Wildman–Crippen MR) is 131 cm³/mol. The van der Waals surface area contributed by atoms with Crippen LogP contribution in [-0.4, -0.2) is 70.6 Å². The van der Waals surface area contributed by atoms with Gasteiger partial charge in [0, 0.05) is 13.1 Å². The normalized spacial score (nSPS) is 17.2. The average molecular weight is 511 g/mol. The molecule has 0 spiro atoms. The molecule has 194 valence electrons. The summed E-state index contributed by atoms with van der Waals surface area (Å²) < 4.78 is 5.31. The molecular weight excluding hydrogens is 476 g/mol. The van der Waals surface area contributed by atoms with Crippen molar-refractivity contribution in [3.05, 3.63) is 22.4 Å². The summed E-state index contributed by atoms with van der Waals surface area (Å²) in [7, 11) is 0. The van der Waals surface area contributed by atoms with E-state index in [0.29, 0.717) is 31.4 Å². The molecule has 0 aliphatic carbocycles. The van der Waals surface area contributed by atoms with Crippen LogP contribution >= 0.6 is 11.3 Å². The number of nitrogens with one attached hydrogen (secondary N) is 2. The van der Waals surface area contributed by atoms with Crippen LogP contribution in [0.2, 0.25) is 0 Å². The number of rotatable bonds is 10. The molecule has 1 aromatic heterocycles. The lowest BCUT2D eigenvalue weighted by Gasteiger charge is -2.30. The molecule has 3 atom stereocenters. The van der Waals surface area contributed by atoms with Crippen molar-refractivity contribution >= 4 is 41.2 Å². The van der Waals surface area contributed by atoms with E-state index >= 15 is 0 Å². The zero-order valence-corrected chi connectivity index (χ0v) is 21.0. The van der Waals surface area contributed by atoms with Gasteiger partial charge in [0.15, 0.2) is 5.96 Å². The molecule has 0 bridgehead atoms. The van der Waals surface area contributed by atoms with E-state index in [-0.39, 0.29) is 18.9 Å². The number of aliphatic imine (C=N–C) groups is 1. The van der Waals surface area contributed by atoms with Gasteiger partial charge in [0.2, 0.25) is 5.91 Å². The first-order valence-electron chi connectivity index (χ1n) is 11.3. The number of alkyl carbamates (subject to hydrolysis) is 1. The number of amides is 3. The SMILES string of the molecule is CC(C)(C)OC(=O)N[C@@H](C(=O)N1CCC[C@H]1C(=O)N[C@@H](CCCN=C(N)N)C(=O)O)c1ccsc1. The lowest BCUT2D eigenvalue weighted by atomic mass is 10.1. The second-order valence-corrected chi connectivity index (χ2v) is 9.95. The number of nitrogens with two attached hydrogens (primary N) is 2. The van der Waals surface area contributed by atoms with Gasteiger partial charge in [-0.1, -0.05) is 0 Å². The first kappa shape index (κ1) is 27.9. The molecule has 0 saturated carbocycles. The Labute approximate surface area is 208 Å². The second-order valence-electron chi connectivity index (χ2n) is 9.17. The van der Waals surface area contributed by atoms with Gasteiger partial charge in [-0.25, -0.2) is 9.59 Å². The summed E-state index contributed by atoms with van der Waals surface area (Å²) in [5, 5.41) is 18.2. The van der Waals surface area contributed by atoms with Crippen LogP contribution in [0.1, 0.15) is 58.1 Å². The number of hydrogen-bond donors (Lipinski definition) is 5. The summed E-state index contributed by atoms with van der Waals surface area (Å²) in [5.41, 5.74) is 10.3. The van der Waals surface area contributed by atoms with Gasteiger partial charge < -0.3 is 36.8 Å². The van der Waals surface area contributed by atoms with Crippen molar-refractivity contribution in [2.45, 2.75) is 70.2 Å². The van der Waals surface area contributed by atoms with Gasteiger partial charge >= 0.3 is 12.1 Å². The average Bonchev–Trinajstić information content (AvgIpc) is 3.44. The van der Waals surface area contributed by atoms with E-state index in [9.17, 15) is 24.3 Å². The van der Waals surface area contributed by atoms with Crippen LogP contribution in [0.5, 0.6) is 0 Å². The molecule has 0 radical (unpaired) electrons. The largest absolute Gasteiger partial charge is 0.480 e. The molecule has 0 aromatic carbocycles. The summed E-state index contributed by atoms with van der Waals surface area (Å²) in [4.78, 5) is 55.7. The standard InChI is InChI=1S/C22H34N6O6S/c1-22(2,3)34-21(33)27-16(13-8-11-35-12-13)18(30)28-10-5-7-15(28)17(29)26-14(19(31)32)6-4-9-25-20(23)24/h8,11-12,14-16H,4-7,9-10H2,1-3H3,(H,26,29)(H,27,33)(H,31,32)(H4,23,24,25)/t14-,15-,16+/m0/s1. The number of carbonyl (C=O) groups is 4. The third kappa shape index (κ3) is 8.74. The van der Waals surface area contributed by atoms with E-state index in [4.69, 9.17) is 16.2 Å². The fourth-order valence-electron chi connectivity index (χ4n) is 3.65. The number of aliphatic carboxylic acids is 1. The van der Waals surface area contributed by atoms with Crippen LogP contribution in [0, 0.1) is 0 Å². The Bertz CT molecular complexity index is 925. The minimum Gasteiger partial charge on any atom is -0.480 e. The second kappa shape index (κ2) is 12.4. The number of guanidine groups is 1. The minimum atomic E-state index is -1.19. The zero-order chi connectivity index (χ0) is 26.2. The number of ether oxygens (including phenoxy) is 1. The van der Waals surface area contributed by atoms with Crippen molar-refractivity contribution in [1.82, 2.24) is 15.5 Å². The molecule has 3 amide bonds. The highest BCUT2D eigenvalue weighted by Crippen LogP contribution is 2.26. The summed E-state index contributed by atoms with van der Waals surface area (Å²) in [6, 6.07) is -1.34. The number of hydrogen-bond acceptors (Lipinski definition) is 7. The van der Waals surface area contributed by atoms with Crippen molar-refractivity contribution in [1.29, 1.82) is 0 Å². The van der Waals surface area contributed by atoms with Gasteiger partial charge in [-0.05, 0) is 68.8 Å². The van der Waals surface area contributed by atoms with Gasteiger partial charge in [0.25, 0.3) is 5.91 Å². The number of carbonyl (C=O) groups excluding carboxylic acids is 3. The molecule has 1 aliphatic rings. The number of thiophene rings is 1. The molecule has 2 rings (SSSR count). The zero-order valence-electron chi connectivity index (χ0n) is 20.2. The summed E-state index contributed by atoms with van der Waals surface area (Å²) in [6.45, 7) is 5.67. The fourth-order valence-corrected chi connectivity index (χ4v) is 4.34. The Kier molecular flexibility index (Phi) is 9.87. The third-order valence-corrected chi connectivity index (χ3v) is 5.88. The molecule has 1 aliphatic heterocycles. The number of carboxylic acid groups (broad SMARTS) is 1. The first-order chi connectivity index (χ1) is 16.4. The Morgan fingerprint density at radius 2 is 2.00 bits per heavy atom. The Morgan fingerprint density at radius 1 is 1.29 bits per heavy atom. The maximum atomic E-state index is 13.5. The van der Waals surface area contributed by atoms with Crippen molar-refractivity contribution in [3.63, 3.8) is 0 Å². The van der Waals surface area contributed by atoms with Crippen LogP contribution in [0.15, 0.2) is 21.8 Å². The van der Waals surface area contributed by atoms with E-state index in [1.807, 2.05) is 0 Å². The third-order valence-electron chi connectivity index (χ3n) is 5.18. The summed E-state index contributed by atoms with van der Waals surface area (Å²) in [6.07, 6.45) is 0.655. The van der Waals surface area contributed by atoms with E-state index < -0.39 is 47.6 Å². The molecule has 35 heavy (non-hydrogen) atoms. The molecule has 1 fully saturated rings. The van der Waals surface area contributed by atoms with E-state index in [1.165, 1.54) is 16.2 Å². The molecule has 0 unspecified atom stereocenters. The quantitative estimate of drug-likeness (QED) is 0.174. The smallest absolute Gasteiger partial charge is 0.408 e. The minimum absolute atomic E-state index is 0.0961. The molecule has 7 N–H and O–H groups in total. The molecule has 1 saturated heterocycles.